The molecule has 0 aliphatic heterocycles. The highest BCUT2D eigenvalue weighted by atomic mass is 32.1. The van der Waals surface area contributed by atoms with Gasteiger partial charge in [0.05, 0.1) is 25.5 Å². The third-order valence-corrected chi connectivity index (χ3v) is 5.54. The molecular weight excluding hydrogens is 326 g/mol. The van der Waals surface area contributed by atoms with Gasteiger partial charge < -0.3 is 15.2 Å². The maximum absolute atomic E-state index is 12.1. The normalized spacial score (nSPS) is 19.4. The van der Waals surface area contributed by atoms with E-state index in [1.54, 1.807) is 18.4 Å². The fraction of sp³-hybridized carbons (Fsp3) is 0.333. The van der Waals surface area contributed by atoms with E-state index in [0.717, 1.165) is 21.1 Å². The van der Waals surface area contributed by atoms with Gasteiger partial charge in [0.1, 0.15) is 5.75 Å². The Hall–Kier alpha value is -2.34. The number of thiophene rings is 1. The molecule has 1 fully saturated rings. The number of benzene rings is 1. The second kappa shape index (κ2) is 7.05. The van der Waals surface area contributed by atoms with Crippen molar-refractivity contribution in [2.75, 3.05) is 7.11 Å². The molecule has 1 saturated carbocycles. The second-order valence-corrected chi connectivity index (χ2v) is 7.01. The van der Waals surface area contributed by atoms with Crippen LogP contribution in [0, 0.1) is 11.8 Å². The standard InChI is InChI=1S/C18H19NO4S/c1-23-12-4-2-11(3-5-12)16-9-6-13(24-16)10-19-17(20)14-7-8-15(14)18(21)22/h2-6,9,14-15H,7-8,10H2,1H3,(H,19,20)(H,21,22)/t14-,15+/m1/s1. The lowest BCUT2D eigenvalue weighted by Gasteiger charge is -2.31. The van der Waals surface area contributed by atoms with E-state index in [0.29, 0.717) is 19.4 Å². The molecule has 2 aromatic rings. The predicted molar refractivity (Wildman–Crippen MR) is 92.0 cm³/mol. The molecule has 2 N–H and O–H groups in total. The predicted octanol–water partition coefficient (Wildman–Crippen LogP) is 3.15. The van der Waals surface area contributed by atoms with Gasteiger partial charge in [-0.15, -0.1) is 11.3 Å². The maximum Gasteiger partial charge on any atom is 0.307 e. The summed E-state index contributed by atoms with van der Waals surface area (Å²) in [6.07, 6.45) is 1.25. The molecule has 6 heteroatoms. The summed E-state index contributed by atoms with van der Waals surface area (Å²) in [5.74, 6) is -1.13. The molecule has 1 aromatic carbocycles. The van der Waals surface area contributed by atoms with E-state index < -0.39 is 11.9 Å². The van der Waals surface area contributed by atoms with Crippen molar-refractivity contribution in [1.29, 1.82) is 0 Å². The van der Waals surface area contributed by atoms with E-state index >= 15 is 0 Å². The van der Waals surface area contributed by atoms with Crippen LogP contribution in [0.4, 0.5) is 0 Å². The van der Waals surface area contributed by atoms with Crippen LogP contribution in [0.2, 0.25) is 0 Å². The molecule has 1 aliphatic carbocycles. The Morgan fingerprint density at radius 2 is 1.88 bits per heavy atom. The smallest absolute Gasteiger partial charge is 0.307 e. The van der Waals surface area contributed by atoms with Gasteiger partial charge in [0, 0.05) is 9.75 Å². The Morgan fingerprint density at radius 1 is 1.17 bits per heavy atom. The van der Waals surface area contributed by atoms with E-state index in [9.17, 15) is 9.59 Å². The van der Waals surface area contributed by atoms with Gasteiger partial charge in [0.25, 0.3) is 0 Å². The van der Waals surface area contributed by atoms with Gasteiger partial charge in [-0.1, -0.05) is 0 Å². The molecule has 1 aromatic heterocycles. The van der Waals surface area contributed by atoms with Crippen LogP contribution in [0.1, 0.15) is 17.7 Å². The molecule has 0 saturated heterocycles. The van der Waals surface area contributed by atoms with Crippen LogP contribution in [-0.4, -0.2) is 24.1 Å². The van der Waals surface area contributed by atoms with Crippen molar-refractivity contribution >= 4 is 23.2 Å². The zero-order valence-electron chi connectivity index (χ0n) is 13.3. The summed E-state index contributed by atoms with van der Waals surface area (Å²) in [5, 5.41) is 11.9. The van der Waals surface area contributed by atoms with E-state index in [2.05, 4.69) is 5.32 Å². The topological polar surface area (TPSA) is 75.6 Å². The van der Waals surface area contributed by atoms with E-state index in [1.165, 1.54) is 0 Å². The zero-order chi connectivity index (χ0) is 17.1. The number of carboxylic acid groups (broad SMARTS) is 1. The van der Waals surface area contributed by atoms with E-state index in [1.807, 2.05) is 36.4 Å². The van der Waals surface area contributed by atoms with Crippen LogP contribution in [0.15, 0.2) is 36.4 Å². The molecule has 126 valence electrons. The third-order valence-electron chi connectivity index (χ3n) is 4.40. The van der Waals surface area contributed by atoms with E-state index in [4.69, 9.17) is 9.84 Å². The molecule has 0 spiro atoms. The minimum absolute atomic E-state index is 0.159. The molecule has 0 unspecified atom stereocenters. The number of hydrogen-bond donors (Lipinski definition) is 2. The first kappa shape index (κ1) is 16.5. The van der Waals surface area contributed by atoms with Crippen molar-refractivity contribution in [2.45, 2.75) is 19.4 Å². The lowest BCUT2D eigenvalue weighted by molar-refractivity contribution is -0.152. The first-order valence-electron chi connectivity index (χ1n) is 7.82. The molecular formula is C18H19NO4S. The van der Waals surface area contributed by atoms with Crippen molar-refractivity contribution in [2.24, 2.45) is 11.8 Å². The first-order valence-corrected chi connectivity index (χ1v) is 8.64. The number of carbonyl (C=O) groups excluding carboxylic acids is 1. The van der Waals surface area contributed by atoms with Crippen LogP contribution in [-0.2, 0) is 16.1 Å². The summed E-state index contributed by atoms with van der Waals surface area (Å²) in [5.41, 5.74) is 1.10. The minimum Gasteiger partial charge on any atom is -0.497 e. The molecule has 2 atom stereocenters. The molecule has 1 aliphatic rings. The number of carbonyl (C=O) groups is 2. The number of carboxylic acids is 1. The van der Waals surface area contributed by atoms with Crippen LogP contribution < -0.4 is 10.1 Å². The van der Waals surface area contributed by atoms with Gasteiger partial charge in [-0.05, 0) is 54.8 Å². The quantitative estimate of drug-likeness (QED) is 0.843. The van der Waals surface area contributed by atoms with Crippen molar-refractivity contribution in [3.63, 3.8) is 0 Å². The highest BCUT2D eigenvalue weighted by Gasteiger charge is 2.41. The van der Waals surface area contributed by atoms with Crippen molar-refractivity contribution in [3.05, 3.63) is 41.3 Å². The first-order chi connectivity index (χ1) is 11.6. The fourth-order valence-corrected chi connectivity index (χ4v) is 3.75. The van der Waals surface area contributed by atoms with Crippen LogP contribution >= 0.6 is 11.3 Å². The summed E-state index contributed by atoms with van der Waals surface area (Å²) in [4.78, 5) is 25.2. The summed E-state index contributed by atoms with van der Waals surface area (Å²) in [6, 6.07) is 11.8. The average Bonchev–Trinajstić information content (AvgIpc) is 3.00. The molecule has 5 nitrogen and oxygen atoms in total. The minimum atomic E-state index is -0.876. The Bertz CT molecular complexity index is 738. The molecule has 1 amide bonds. The summed E-state index contributed by atoms with van der Waals surface area (Å²) < 4.78 is 5.15. The Kier molecular flexibility index (Phi) is 4.85. The number of hydrogen-bond acceptors (Lipinski definition) is 4. The highest BCUT2D eigenvalue weighted by molar-refractivity contribution is 7.15. The van der Waals surface area contributed by atoms with Crippen LogP contribution in [0.5, 0.6) is 5.75 Å². The molecule has 0 radical (unpaired) electrons. The summed E-state index contributed by atoms with van der Waals surface area (Å²) >= 11 is 1.61. The number of ether oxygens (including phenoxy) is 1. The largest absolute Gasteiger partial charge is 0.497 e. The van der Waals surface area contributed by atoms with Crippen molar-refractivity contribution < 1.29 is 19.4 Å². The average molecular weight is 345 g/mol. The third kappa shape index (κ3) is 3.43. The molecule has 1 heterocycles. The van der Waals surface area contributed by atoms with Gasteiger partial charge in [0.2, 0.25) is 5.91 Å². The molecule has 24 heavy (non-hydrogen) atoms. The Labute approximate surface area is 144 Å². The molecule has 0 bridgehead atoms. The van der Waals surface area contributed by atoms with Crippen molar-refractivity contribution in [1.82, 2.24) is 5.32 Å². The number of rotatable bonds is 6. The van der Waals surface area contributed by atoms with Gasteiger partial charge in [-0.25, -0.2) is 0 Å². The monoisotopic (exact) mass is 345 g/mol. The Morgan fingerprint density at radius 3 is 2.46 bits per heavy atom. The number of amides is 1. The van der Waals surface area contributed by atoms with E-state index in [-0.39, 0.29) is 11.8 Å². The van der Waals surface area contributed by atoms with Crippen molar-refractivity contribution in [3.8, 4) is 16.2 Å². The number of aliphatic carboxylic acids is 1. The van der Waals surface area contributed by atoms with Gasteiger partial charge in [0.15, 0.2) is 0 Å². The second-order valence-electron chi connectivity index (χ2n) is 5.84. The van der Waals surface area contributed by atoms with Gasteiger partial charge in [-0.3, -0.25) is 9.59 Å². The van der Waals surface area contributed by atoms with Gasteiger partial charge in [-0.2, -0.15) is 0 Å². The van der Waals surface area contributed by atoms with Gasteiger partial charge >= 0.3 is 5.97 Å². The summed E-state index contributed by atoms with van der Waals surface area (Å²) in [7, 11) is 1.64. The highest BCUT2D eigenvalue weighted by Crippen LogP contribution is 2.35. The zero-order valence-corrected chi connectivity index (χ0v) is 14.1. The SMILES string of the molecule is COc1ccc(-c2ccc(CNC(=O)[C@@H]3CC[C@@H]3C(=O)O)s2)cc1. The lowest BCUT2D eigenvalue weighted by Crippen LogP contribution is -2.43. The van der Waals surface area contributed by atoms with Crippen LogP contribution in [0.3, 0.4) is 0 Å². The Balaban J connectivity index is 1.58. The lowest BCUT2D eigenvalue weighted by atomic mass is 9.73. The van der Waals surface area contributed by atoms with Crippen LogP contribution in [0.25, 0.3) is 10.4 Å². The fourth-order valence-electron chi connectivity index (χ4n) is 2.80. The number of methoxy groups -OCH3 is 1. The summed E-state index contributed by atoms with van der Waals surface area (Å²) in [6.45, 7) is 0.433. The molecule has 3 rings (SSSR count). The maximum atomic E-state index is 12.1. The number of nitrogens with one attached hydrogen (secondary N) is 1.